The zero-order chi connectivity index (χ0) is 9.52. The number of rotatable bonds is 5. The van der Waals surface area contributed by atoms with Crippen molar-refractivity contribution < 1.29 is 9.84 Å². The minimum absolute atomic E-state index is 0.485. The molecule has 0 spiro atoms. The molecule has 0 fully saturated rings. The van der Waals surface area contributed by atoms with Crippen LogP contribution in [0.2, 0.25) is 0 Å². The molecule has 0 aliphatic rings. The predicted molar refractivity (Wildman–Crippen MR) is 48.1 cm³/mol. The smallest absolute Gasteiger partial charge is 0.156 e. The van der Waals surface area contributed by atoms with E-state index >= 15 is 0 Å². The normalized spacial score (nSPS) is 12.8. The number of aliphatic hydroxyl groups excluding tert-OH is 1. The van der Waals surface area contributed by atoms with Gasteiger partial charge in [-0.3, -0.25) is 0 Å². The molecule has 0 aliphatic heterocycles. The van der Waals surface area contributed by atoms with Gasteiger partial charge in [0.2, 0.25) is 0 Å². The van der Waals surface area contributed by atoms with E-state index in [0.29, 0.717) is 18.9 Å². The average Bonchev–Trinajstić information content (AvgIpc) is 2.19. The van der Waals surface area contributed by atoms with Crippen molar-refractivity contribution in [2.24, 2.45) is 0 Å². The second kappa shape index (κ2) is 5.61. The summed E-state index contributed by atoms with van der Waals surface area (Å²) in [5.41, 5.74) is 0. The zero-order valence-electron chi connectivity index (χ0n) is 7.68. The lowest BCUT2D eigenvalue weighted by atomic mass is 10.2. The number of aromatic nitrogens is 2. The van der Waals surface area contributed by atoms with Gasteiger partial charge < -0.3 is 9.84 Å². The summed E-state index contributed by atoms with van der Waals surface area (Å²) in [4.78, 5) is 7.91. The van der Waals surface area contributed by atoms with Gasteiger partial charge in [0.15, 0.2) is 5.82 Å². The summed E-state index contributed by atoms with van der Waals surface area (Å²) in [5.74, 6) is 0.485. The van der Waals surface area contributed by atoms with Crippen molar-refractivity contribution in [2.45, 2.75) is 18.9 Å². The largest absolute Gasteiger partial charge is 0.385 e. The third-order valence-corrected chi connectivity index (χ3v) is 1.71. The molecule has 72 valence electrons. The average molecular weight is 182 g/mol. The maximum atomic E-state index is 9.57. The first-order valence-electron chi connectivity index (χ1n) is 4.28. The third-order valence-electron chi connectivity index (χ3n) is 1.71. The fourth-order valence-electron chi connectivity index (χ4n) is 1.03. The molecule has 0 aromatic carbocycles. The van der Waals surface area contributed by atoms with Gasteiger partial charge >= 0.3 is 0 Å². The highest BCUT2D eigenvalue weighted by molar-refractivity contribution is 4.92. The van der Waals surface area contributed by atoms with E-state index in [9.17, 15) is 5.11 Å². The fourth-order valence-corrected chi connectivity index (χ4v) is 1.03. The molecular weight excluding hydrogens is 168 g/mol. The van der Waals surface area contributed by atoms with Gasteiger partial charge in [0.05, 0.1) is 0 Å². The van der Waals surface area contributed by atoms with Crippen molar-refractivity contribution in [3.05, 3.63) is 24.3 Å². The van der Waals surface area contributed by atoms with E-state index in [2.05, 4.69) is 9.97 Å². The summed E-state index contributed by atoms with van der Waals surface area (Å²) < 4.78 is 4.88. The van der Waals surface area contributed by atoms with E-state index in [1.54, 1.807) is 25.6 Å². The summed E-state index contributed by atoms with van der Waals surface area (Å²) >= 11 is 0. The summed E-state index contributed by atoms with van der Waals surface area (Å²) in [5, 5.41) is 9.57. The van der Waals surface area contributed by atoms with Crippen LogP contribution in [0.5, 0.6) is 0 Å². The van der Waals surface area contributed by atoms with Crippen LogP contribution in [0, 0.1) is 0 Å². The molecule has 0 saturated carbocycles. The Bertz CT molecular complexity index is 228. The van der Waals surface area contributed by atoms with Gasteiger partial charge in [-0.2, -0.15) is 0 Å². The SMILES string of the molecule is COCCCC(O)c1ncccn1. The lowest BCUT2D eigenvalue weighted by Gasteiger charge is -2.07. The Kier molecular flexibility index (Phi) is 4.35. The first-order valence-corrected chi connectivity index (χ1v) is 4.28. The first-order chi connectivity index (χ1) is 6.34. The molecule has 13 heavy (non-hydrogen) atoms. The van der Waals surface area contributed by atoms with Crippen molar-refractivity contribution in [1.29, 1.82) is 0 Å². The molecule has 1 atom stereocenters. The molecule has 0 bridgehead atoms. The summed E-state index contributed by atoms with van der Waals surface area (Å²) in [6.45, 7) is 0.657. The van der Waals surface area contributed by atoms with Crippen LogP contribution in [0.4, 0.5) is 0 Å². The Hall–Kier alpha value is -1.00. The monoisotopic (exact) mass is 182 g/mol. The lowest BCUT2D eigenvalue weighted by Crippen LogP contribution is -2.04. The van der Waals surface area contributed by atoms with Crippen LogP contribution in [-0.2, 0) is 4.74 Å². The van der Waals surface area contributed by atoms with Crippen molar-refractivity contribution in [2.75, 3.05) is 13.7 Å². The Morgan fingerprint density at radius 1 is 1.46 bits per heavy atom. The van der Waals surface area contributed by atoms with Gasteiger partial charge in [-0.15, -0.1) is 0 Å². The van der Waals surface area contributed by atoms with Crippen LogP contribution in [0.3, 0.4) is 0 Å². The molecule has 0 aliphatic carbocycles. The van der Waals surface area contributed by atoms with Gasteiger partial charge in [0.1, 0.15) is 6.10 Å². The van der Waals surface area contributed by atoms with Gasteiger partial charge in [-0.05, 0) is 18.9 Å². The number of aliphatic hydroxyl groups is 1. The highest BCUT2D eigenvalue weighted by Crippen LogP contribution is 2.12. The molecule has 4 nitrogen and oxygen atoms in total. The molecule has 1 aromatic rings. The van der Waals surface area contributed by atoms with E-state index in [1.807, 2.05) is 0 Å². The first kappa shape index (κ1) is 10.1. The maximum absolute atomic E-state index is 9.57. The molecule has 0 radical (unpaired) electrons. The highest BCUT2D eigenvalue weighted by atomic mass is 16.5. The molecule has 1 N–H and O–H groups in total. The third kappa shape index (κ3) is 3.48. The molecule has 0 amide bonds. The van der Waals surface area contributed by atoms with Crippen molar-refractivity contribution in [1.82, 2.24) is 9.97 Å². The molecule has 4 heteroatoms. The van der Waals surface area contributed by atoms with Crippen molar-refractivity contribution in [3.8, 4) is 0 Å². The van der Waals surface area contributed by atoms with E-state index in [-0.39, 0.29) is 0 Å². The van der Waals surface area contributed by atoms with E-state index < -0.39 is 6.10 Å². The second-order valence-electron chi connectivity index (χ2n) is 2.76. The number of nitrogens with zero attached hydrogens (tertiary/aromatic N) is 2. The van der Waals surface area contributed by atoms with Crippen LogP contribution < -0.4 is 0 Å². The Balaban J connectivity index is 2.35. The maximum Gasteiger partial charge on any atom is 0.156 e. The molecule has 0 saturated heterocycles. The summed E-state index contributed by atoms with van der Waals surface area (Å²) in [6.07, 6.45) is 4.13. The quantitative estimate of drug-likeness (QED) is 0.688. The predicted octanol–water partition coefficient (Wildman–Crippen LogP) is 0.937. The Morgan fingerprint density at radius 2 is 2.15 bits per heavy atom. The Morgan fingerprint density at radius 3 is 2.77 bits per heavy atom. The van der Waals surface area contributed by atoms with Crippen LogP contribution in [0.15, 0.2) is 18.5 Å². The summed E-state index contributed by atoms with van der Waals surface area (Å²) in [7, 11) is 1.64. The second-order valence-corrected chi connectivity index (χ2v) is 2.76. The Labute approximate surface area is 77.6 Å². The molecule has 1 rings (SSSR count). The van der Waals surface area contributed by atoms with Crippen LogP contribution in [0.1, 0.15) is 24.8 Å². The number of hydrogen-bond donors (Lipinski definition) is 1. The van der Waals surface area contributed by atoms with Crippen LogP contribution in [0.25, 0.3) is 0 Å². The van der Waals surface area contributed by atoms with Gasteiger partial charge in [0, 0.05) is 26.1 Å². The topological polar surface area (TPSA) is 55.2 Å². The summed E-state index contributed by atoms with van der Waals surface area (Å²) in [6, 6.07) is 1.73. The molecule has 1 aromatic heterocycles. The van der Waals surface area contributed by atoms with Gasteiger partial charge in [-0.1, -0.05) is 0 Å². The number of ether oxygens (including phenoxy) is 1. The molecular formula is C9H14N2O2. The minimum Gasteiger partial charge on any atom is -0.385 e. The highest BCUT2D eigenvalue weighted by Gasteiger charge is 2.08. The standard InChI is InChI=1S/C9H14N2O2/c1-13-7-2-4-8(12)9-10-5-3-6-11-9/h3,5-6,8,12H,2,4,7H2,1H3. The van der Waals surface area contributed by atoms with Crippen molar-refractivity contribution >= 4 is 0 Å². The van der Waals surface area contributed by atoms with E-state index in [0.717, 1.165) is 6.42 Å². The van der Waals surface area contributed by atoms with Gasteiger partial charge in [0.25, 0.3) is 0 Å². The van der Waals surface area contributed by atoms with E-state index in [1.165, 1.54) is 0 Å². The molecule has 1 heterocycles. The van der Waals surface area contributed by atoms with Crippen LogP contribution >= 0.6 is 0 Å². The minimum atomic E-state index is -0.573. The lowest BCUT2D eigenvalue weighted by molar-refractivity contribution is 0.130. The van der Waals surface area contributed by atoms with Gasteiger partial charge in [-0.25, -0.2) is 9.97 Å². The zero-order valence-corrected chi connectivity index (χ0v) is 7.68. The number of methoxy groups -OCH3 is 1. The fraction of sp³-hybridized carbons (Fsp3) is 0.556. The van der Waals surface area contributed by atoms with Crippen LogP contribution in [-0.4, -0.2) is 28.8 Å². The van der Waals surface area contributed by atoms with E-state index in [4.69, 9.17) is 4.74 Å². The van der Waals surface area contributed by atoms with Crippen molar-refractivity contribution in [3.63, 3.8) is 0 Å². The number of hydrogen-bond acceptors (Lipinski definition) is 4. The molecule has 1 unspecified atom stereocenters.